The second-order valence-corrected chi connectivity index (χ2v) is 10.7. The third-order valence-electron chi connectivity index (χ3n) is 5.97. The molecule has 4 rings (SSSR count). The van der Waals surface area contributed by atoms with Crippen LogP contribution >= 0.6 is 11.6 Å². The predicted molar refractivity (Wildman–Crippen MR) is 119 cm³/mol. The molecule has 1 amide bonds. The van der Waals surface area contributed by atoms with Gasteiger partial charge in [0, 0.05) is 17.5 Å². The van der Waals surface area contributed by atoms with Crippen LogP contribution in [0.15, 0.2) is 36.4 Å². The van der Waals surface area contributed by atoms with Crippen molar-refractivity contribution in [2.24, 2.45) is 0 Å². The van der Waals surface area contributed by atoms with Gasteiger partial charge in [0.25, 0.3) is 22.2 Å². The zero-order valence-electron chi connectivity index (χ0n) is 17.9. The van der Waals surface area contributed by atoms with Gasteiger partial charge in [-0.05, 0) is 22.3 Å². The number of hydrogen-bond donors (Lipinski definition) is 2. The number of rotatable bonds is 6. The summed E-state index contributed by atoms with van der Waals surface area (Å²) in [6.45, 7) is -0.706. The van der Waals surface area contributed by atoms with Crippen LogP contribution in [-0.4, -0.2) is 58.9 Å². The molecule has 6 nitrogen and oxygen atoms in total. The van der Waals surface area contributed by atoms with Gasteiger partial charge >= 0.3 is 0 Å². The largest absolute Gasteiger partial charge is 0.368 e. The van der Waals surface area contributed by atoms with E-state index in [-0.39, 0.29) is 21.7 Å². The van der Waals surface area contributed by atoms with E-state index in [4.69, 9.17) is 16.3 Å². The van der Waals surface area contributed by atoms with Gasteiger partial charge in [0.1, 0.15) is 23.8 Å². The SMILES string of the molecule is C[S+](=O)(O)N[C@@H]1[C@H](Cc2cccc(-c3cccc(Cl)c3F)c2F)N(C(=O)C2CCO2)CC1(F)F. The summed E-state index contributed by atoms with van der Waals surface area (Å²) in [7, 11) is -3.84. The highest BCUT2D eigenvalue weighted by Gasteiger charge is 2.59. The van der Waals surface area contributed by atoms with Crippen LogP contribution in [0, 0.1) is 11.6 Å². The first kappa shape index (κ1) is 25.1. The van der Waals surface area contributed by atoms with Crippen LogP contribution in [0.3, 0.4) is 0 Å². The molecule has 2 N–H and O–H groups in total. The number of carbonyl (C=O) groups excluding carboxylic acids is 1. The Hall–Kier alpha value is -2.05. The van der Waals surface area contributed by atoms with E-state index in [0.717, 1.165) is 11.2 Å². The van der Waals surface area contributed by atoms with Crippen molar-refractivity contribution >= 4 is 27.9 Å². The molecule has 2 heterocycles. The standard InChI is InChI=1S/C22H21ClF4N2O4S/c1-34(31,32)28-20-16(29(11-22(20,26)27)21(30)17-8-9-33-17)10-12-4-2-5-13(18(12)24)14-6-3-7-15(23)19(14)25/h2-7,16-17,20H,8-11H2,1H3,(H-,28,31,32)/p+1/t16-,17?,20+/m0/s1. The summed E-state index contributed by atoms with van der Waals surface area (Å²) in [5, 5.41) is -0.208. The molecular weight excluding hydrogens is 500 g/mol. The lowest BCUT2D eigenvalue weighted by Gasteiger charge is -2.33. The Labute approximate surface area is 199 Å². The number of nitrogens with zero attached hydrogens (tertiary/aromatic N) is 1. The highest BCUT2D eigenvalue weighted by molar-refractivity contribution is 7.95. The Morgan fingerprint density at radius 2 is 1.85 bits per heavy atom. The van der Waals surface area contributed by atoms with Crippen LogP contribution in [0.4, 0.5) is 17.6 Å². The molecule has 0 saturated carbocycles. The Kier molecular flexibility index (Phi) is 6.78. The summed E-state index contributed by atoms with van der Waals surface area (Å²) in [6.07, 6.45) is -0.117. The summed E-state index contributed by atoms with van der Waals surface area (Å²) in [4.78, 5) is 13.7. The average Bonchev–Trinajstić information content (AvgIpc) is 2.94. The van der Waals surface area contributed by atoms with Gasteiger partial charge in [0.2, 0.25) is 0 Å². The molecule has 2 unspecified atom stereocenters. The highest BCUT2D eigenvalue weighted by atomic mass is 35.5. The molecule has 2 aromatic rings. The number of ether oxygens (including phenoxy) is 1. The normalized spacial score (nSPS) is 25.6. The first-order valence-corrected chi connectivity index (χ1v) is 12.7. The molecule has 0 aliphatic carbocycles. The molecular formula is C22H22ClF4N2O4S+. The maximum atomic E-state index is 15.5. The van der Waals surface area contributed by atoms with Gasteiger partial charge in [0.05, 0.1) is 24.2 Å². The van der Waals surface area contributed by atoms with Crippen molar-refractivity contribution in [3.8, 4) is 11.1 Å². The van der Waals surface area contributed by atoms with E-state index >= 15 is 4.39 Å². The number of alkyl halides is 2. The molecule has 2 aliphatic rings. The van der Waals surface area contributed by atoms with Crippen molar-refractivity contribution < 1.29 is 35.9 Å². The van der Waals surface area contributed by atoms with Gasteiger partial charge in [-0.15, -0.1) is 0 Å². The van der Waals surface area contributed by atoms with Gasteiger partial charge in [-0.1, -0.05) is 46.7 Å². The zero-order valence-corrected chi connectivity index (χ0v) is 19.5. The fourth-order valence-electron chi connectivity index (χ4n) is 4.27. The van der Waals surface area contributed by atoms with Crippen LogP contribution in [0.25, 0.3) is 11.1 Å². The number of carbonyl (C=O) groups is 1. The van der Waals surface area contributed by atoms with Gasteiger partial charge in [0.15, 0.2) is 6.26 Å². The smallest absolute Gasteiger partial charge is 0.286 e. The second kappa shape index (κ2) is 9.19. The molecule has 34 heavy (non-hydrogen) atoms. The molecule has 2 saturated heterocycles. The van der Waals surface area contributed by atoms with E-state index < -0.39 is 65.0 Å². The Morgan fingerprint density at radius 1 is 1.24 bits per heavy atom. The Balaban J connectivity index is 1.73. The van der Waals surface area contributed by atoms with Crippen molar-refractivity contribution in [1.82, 2.24) is 9.62 Å². The lowest BCUT2D eigenvalue weighted by atomic mass is 9.95. The summed E-state index contributed by atoms with van der Waals surface area (Å²) >= 11 is 5.81. The molecule has 12 heteroatoms. The lowest BCUT2D eigenvalue weighted by molar-refractivity contribution is -0.158. The molecule has 2 aromatic carbocycles. The summed E-state index contributed by atoms with van der Waals surface area (Å²) in [6, 6.07) is 4.88. The summed E-state index contributed by atoms with van der Waals surface area (Å²) < 4.78 is 88.7. The second-order valence-electron chi connectivity index (χ2n) is 8.42. The molecule has 184 valence electrons. The number of halogens is 5. The number of hydrogen-bond acceptors (Lipinski definition) is 3. The molecule has 0 radical (unpaired) electrons. The van der Waals surface area contributed by atoms with Gasteiger partial charge in [-0.25, -0.2) is 17.6 Å². The van der Waals surface area contributed by atoms with Crippen molar-refractivity contribution in [1.29, 1.82) is 0 Å². The van der Waals surface area contributed by atoms with Crippen molar-refractivity contribution in [3.05, 3.63) is 58.6 Å². The van der Waals surface area contributed by atoms with E-state index in [1.165, 1.54) is 36.4 Å². The number of likely N-dealkylation sites (tertiary alicyclic amines) is 1. The van der Waals surface area contributed by atoms with Crippen molar-refractivity contribution in [2.45, 2.75) is 37.0 Å². The third-order valence-corrected chi connectivity index (χ3v) is 6.96. The molecule has 2 fully saturated rings. The minimum Gasteiger partial charge on any atom is -0.368 e. The first-order chi connectivity index (χ1) is 15.9. The summed E-state index contributed by atoms with van der Waals surface area (Å²) in [5.41, 5.74) is -0.311. The van der Waals surface area contributed by atoms with E-state index in [9.17, 15) is 26.7 Å². The van der Waals surface area contributed by atoms with Crippen LogP contribution in [0.5, 0.6) is 0 Å². The van der Waals surface area contributed by atoms with Crippen molar-refractivity contribution in [2.75, 3.05) is 19.4 Å². The monoisotopic (exact) mass is 521 g/mol. The molecule has 2 aliphatic heterocycles. The molecule has 0 bridgehead atoms. The van der Waals surface area contributed by atoms with Crippen LogP contribution in [-0.2, 0) is 30.6 Å². The number of nitrogens with one attached hydrogen (secondary N) is 1. The van der Waals surface area contributed by atoms with Crippen molar-refractivity contribution in [3.63, 3.8) is 0 Å². The van der Waals surface area contributed by atoms with Gasteiger partial charge < -0.3 is 9.64 Å². The van der Waals surface area contributed by atoms with E-state index in [1.54, 1.807) is 0 Å². The lowest BCUT2D eigenvalue weighted by Crippen LogP contribution is -2.55. The van der Waals surface area contributed by atoms with E-state index in [0.29, 0.717) is 13.0 Å². The third kappa shape index (κ3) is 4.85. The molecule has 4 atom stereocenters. The fourth-order valence-corrected chi connectivity index (χ4v) is 5.25. The fraction of sp³-hybridized carbons (Fsp3) is 0.409. The predicted octanol–water partition coefficient (Wildman–Crippen LogP) is 3.94. The van der Waals surface area contributed by atoms with Crippen LogP contribution in [0.1, 0.15) is 12.0 Å². The van der Waals surface area contributed by atoms with E-state index in [1.807, 2.05) is 4.72 Å². The van der Waals surface area contributed by atoms with E-state index in [2.05, 4.69) is 0 Å². The van der Waals surface area contributed by atoms with Gasteiger partial charge in [-0.2, -0.15) is 4.55 Å². The zero-order chi connectivity index (χ0) is 24.8. The Morgan fingerprint density at radius 3 is 2.44 bits per heavy atom. The average molecular weight is 522 g/mol. The highest BCUT2D eigenvalue weighted by Crippen LogP contribution is 2.38. The number of benzene rings is 2. The minimum atomic E-state index is -3.84. The van der Waals surface area contributed by atoms with Gasteiger partial charge in [-0.3, -0.25) is 4.79 Å². The topological polar surface area (TPSA) is 78.9 Å². The number of amides is 1. The van der Waals surface area contributed by atoms with Crippen LogP contribution in [0.2, 0.25) is 5.02 Å². The summed E-state index contributed by atoms with van der Waals surface area (Å²) in [5.74, 6) is -5.97. The first-order valence-electron chi connectivity index (χ1n) is 10.4. The van der Waals surface area contributed by atoms with Crippen LogP contribution < -0.4 is 4.72 Å². The molecule has 0 aromatic heterocycles. The quantitative estimate of drug-likeness (QED) is 0.446. The maximum absolute atomic E-state index is 15.5. The minimum absolute atomic E-state index is 0.0701. The molecule has 0 spiro atoms. The maximum Gasteiger partial charge on any atom is 0.286 e. The Bertz CT molecular complexity index is 1160.